The lowest BCUT2D eigenvalue weighted by Crippen LogP contribution is -2.04. The first-order valence-electron chi connectivity index (χ1n) is 6.01. The van der Waals surface area contributed by atoms with Crippen molar-refractivity contribution < 1.29 is 5.11 Å². The molecule has 0 saturated carbocycles. The first-order chi connectivity index (χ1) is 8.86. The Morgan fingerprint density at radius 2 is 2.06 bits per heavy atom. The van der Waals surface area contributed by atoms with Gasteiger partial charge in [-0.15, -0.1) is 0 Å². The third kappa shape index (κ3) is 2.02. The van der Waals surface area contributed by atoms with Gasteiger partial charge in [-0.1, -0.05) is 12.1 Å². The van der Waals surface area contributed by atoms with Gasteiger partial charge in [0.05, 0.1) is 12.9 Å². The molecule has 0 saturated heterocycles. The van der Waals surface area contributed by atoms with E-state index in [9.17, 15) is 5.11 Å². The van der Waals surface area contributed by atoms with Gasteiger partial charge < -0.3 is 14.2 Å². The zero-order chi connectivity index (χ0) is 12.4. The van der Waals surface area contributed by atoms with Crippen molar-refractivity contribution in [2.45, 2.75) is 19.7 Å². The molecule has 0 radical (unpaired) electrons. The van der Waals surface area contributed by atoms with Crippen LogP contribution in [-0.2, 0) is 19.7 Å². The summed E-state index contributed by atoms with van der Waals surface area (Å²) in [6, 6.07) is 8.16. The molecule has 0 aliphatic rings. The summed E-state index contributed by atoms with van der Waals surface area (Å²) in [5.41, 5.74) is 2.12. The minimum absolute atomic E-state index is 0.0860. The van der Waals surface area contributed by atoms with Gasteiger partial charge in [0, 0.05) is 37.2 Å². The fraction of sp³-hybridized carbons (Fsp3) is 0.214. The average Bonchev–Trinajstić information content (AvgIpc) is 3.05. The van der Waals surface area contributed by atoms with Crippen molar-refractivity contribution in [1.29, 1.82) is 0 Å². The maximum atomic E-state index is 9.18. The second kappa shape index (κ2) is 4.66. The second-order valence-corrected chi connectivity index (χ2v) is 4.36. The highest BCUT2D eigenvalue weighted by Gasteiger charge is 2.02. The number of rotatable bonds is 4. The summed E-state index contributed by atoms with van der Waals surface area (Å²) in [5, 5.41) is 10.4. The second-order valence-electron chi connectivity index (χ2n) is 4.36. The van der Waals surface area contributed by atoms with Crippen molar-refractivity contribution in [3.05, 3.63) is 54.7 Å². The van der Waals surface area contributed by atoms with E-state index < -0.39 is 0 Å². The van der Waals surface area contributed by atoms with Crippen LogP contribution in [0.25, 0.3) is 10.9 Å². The summed E-state index contributed by atoms with van der Waals surface area (Å²) in [6.07, 6.45) is 7.66. The van der Waals surface area contributed by atoms with E-state index in [1.54, 1.807) is 6.20 Å². The van der Waals surface area contributed by atoms with Gasteiger partial charge in [-0.3, -0.25) is 0 Å². The Hall–Kier alpha value is -2.07. The molecular weight excluding hydrogens is 226 g/mol. The Labute approximate surface area is 105 Å². The van der Waals surface area contributed by atoms with Crippen LogP contribution in [0.2, 0.25) is 0 Å². The van der Waals surface area contributed by atoms with Gasteiger partial charge in [-0.2, -0.15) is 0 Å². The summed E-state index contributed by atoms with van der Waals surface area (Å²) in [5.74, 6) is 0. The molecule has 18 heavy (non-hydrogen) atoms. The fourth-order valence-corrected chi connectivity index (χ4v) is 2.17. The van der Waals surface area contributed by atoms with Gasteiger partial charge in [0.15, 0.2) is 0 Å². The molecule has 1 aromatic carbocycles. The maximum Gasteiger partial charge on any atom is 0.0946 e. The third-order valence-corrected chi connectivity index (χ3v) is 3.18. The Kier molecular flexibility index (Phi) is 2.86. The van der Waals surface area contributed by atoms with Crippen LogP contribution < -0.4 is 0 Å². The number of hydrogen-bond donors (Lipinski definition) is 1. The number of hydrogen-bond acceptors (Lipinski definition) is 2. The van der Waals surface area contributed by atoms with E-state index in [2.05, 4.69) is 32.4 Å². The van der Waals surface area contributed by atoms with E-state index in [0.717, 1.165) is 18.7 Å². The van der Waals surface area contributed by atoms with Gasteiger partial charge in [0.25, 0.3) is 0 Å². The van der Waals surface area contributed by atoms with Crippen LogP contribution in [0.5, 0.6) is 0 Å². The molecule has 0 fully saturated rings. The van der Waals surface area contributed by atoms with Crippen molar-refractivity contribution in [3.8, 4) is 0 Å². The van der Waals surface area contributed by atoms with Crippen molar-refractivity contribution in [2.75, 3.05) is 0 Å². The highest BCUT2D eigenvalue weighted by molar-refractivity contribution is 5.80. The highest BCUT2D eigenvalue weighted by Crippen LogP contribution is 2.18. The molecule has 0 spiro atoms. The molecule has 2 aromatic heterocycles. The predicted octanol–water partition coefficient (Wildman–Crippen LogP) is 2.03. The molecule has 2 heterocycles. The van der Waals surface area contributed by atoms with Gasteiger partial charge in [-0.25, -0.2) is 4.98 Å². The largest absolute Gasteiger partial charge is 0.392 e. The minimum Gasteiger partial charge on any atom is -0.392 e. The molecule has 0 unspecified atom stereocenters. The van der Waals surface area contributed by atoms with Crippen LogP contribution >= 0.6 is 0 Å². The van der Waals surface area contributed by atoms with Crippen LogP contribution in [0.15, 0.2) is 49.2 Å². The van der Waals surface area contributed by atoms with Crippen LogP contribution in [0.3, 0.4) is 0 Å². The molecule has 0 atom stereocenters. The van der Waals surface area contributed by atoms with Crippen LogP contribution in [0.4, 0.5) is 0 Å². The fourth-order valence-electron chi connectivity index (χ4n) is 2.17. The SMILES string of the molecule is OCc1ccc2ccn(CCn3ccnc3)c2c1. The van der Waals surface area contributed by atoms with E-state index >= 15 is 0 Å². The smallest absolute Gasteiger partial charge is 0.0946 e. The van der Waals surface area contributed by atoms with Gasteiger partial charge in [0.1, 0.15) is 0 Å². The number of aryl methyl sites for hydroxylation is 2. The standard InChI is InChI=1S/C14H15N3O/c18-10-12-1-2-13-3-5-17(14(13)9-12)8-7-16-6-4-15-11-16/h1-6,9,11,18H,7-8,10H2. The van der Waals surface area contributed by atoms with Gasteiger partial charge >= 0.3 is 0 Å². The van der Waals surface area contributed by atoms with Crippen molar-refractivity contribution in [1.82, 2.24) is 14.1 Å². The van der Waals surface area contributed by atoms with Crippen LogP contribution in [0, 0.1) is 0 Å². The molecule has 0 aliphatic heterocycles. The van der Waals surface area contributed by atoms with Crippen LogP contribution in [-0.4, -0.2) is 19.2 Å². The molecule has 1 N–H and O–H groups in total. The summed E-state index contributed by atoms with van der Waals surface area (Å²) in [4.78, 5) is 4.03. The number of benzene rings is 1. The van der Waals surface area contributed by atoms with Crippen molar-refractivity contribution in [3.63, 3.8) is 0 Å². The van der Waals surface area contributed by atoms with Crippen molar-refractivity contribution >= 4 is 10.9 Å². The average molecular weight is 241 g/mol. The quantitative estimate of drug-likeness (QED) is 0.759. The number of nitrogens with zero attached hydrogens (tertiary/aromatic N) is 3. The lowest BCUT2D eigenvalue weighted by Gasteiger charge is -2.07. The van der Waals surface area contributed by atoms with E-state index in [-0.39, 0.29) is 6.61 Å². The summed E-state index contributed by atoms with van der Waals surface area (Å²) in [7, 11) is 0. The zero-order valence-corrected chi connectivity index (χ0v) is 10.0. The molecule has 4 nitrogen and oxygen atoms in total. The monoisotopic (exact) mass is 241 g/mol. The Bertz CT molecular complexity index is 640. The molecule has 3 aromatic rings. The number of aliphatic hydroxyl groups is 1. The lowest BCUT2D eigenvalue weighted by molar-refractivity contribution is 0.282. The predicted molar refractivity (Wildman–Crippen MR) is 70.1 cm³/mol. The zero-order valence-electron chi connectivity index (χ0n) is 10.0. The number of aliphatic hydroxyl groups excluding tert-OH is 1. The Balaban J connectivity index is 1.87. The Morgan fingerprint density at radius 1 is 1.11 bits per heavy atom. The molecule has 92 valence electrons. The summed E-state index contributed by atoms with van der Waals surface area (Å²) >= 11 is 0. The van der Waals surface area contributed by atoms with Gasteiger partial charge in [-0.05, 0) is 23.1 Å². The van der Waals surface area contributed by atoms with E-state index in [1.807, 2.05) is 24.7 Å². The number of fused-ring (bicyclic) bond motifs is 1. The normalized spacial score (nSPS) is 11.2. The summed E-state index contributed by atoms with van der Waals surface area (Å²) in [6.45, 7) is 1.88. The molecule has 0 aliphatic carbocycles. The third-order valence-electron chi connectivity index (χ3n) is 3.18. The Morgan fingerprint density at radius 3 is 2.83 bits per heavy atom. The highest BCUT2D eigenvalue weighted by atomic mass is 16.3. The number of imidazole rings is 1. The number of aromatic nitrogens is 3. The van der Waals surface area contributed by atoms with E-state index in [0.29, 0.717) is 0 Å². The van der Waals surface area contributed by atoms with Crippen molar-refractivity contribution in [2.24, 2.45) is 0 Å². The molecule has 0 amide bonds. The summed E-state index contributed by atoms with van der Waals surface area (Å²) < 4.78 is 4.26. The topological polar surface area (TPSA) is 43.0 Å². The molecular formula is C14H15N3O. The molecule has 0 bridgehead atoms. The molecule has 3 rings (SSSR count). The van der Waals surface area contributed by atoms with E-state index in [1.165, 1.54) is 10.9 Å². The lowest BCUT2D eigenvalue weighted by atomic mass is 10.2. The van der Waals surface area contributed by atoms with Gasteiger partial charge in [0.2, 0.25) is 0 Å². The first-order valence-corrected chi connectivity index (χ1v) is 6.01. The van der Waals surface area contributed by atoms with E-state index in [4.69, 9.17) is 0 Å². The maximum absolute atomic E-state index is 9.18. The molecule has 4 heteroatoms. The van der Waals surface area contributed by atoms with Crippen LogP contribution in [0.1, 0.15) is 5.56 Å². The minimum atomic E-state index is 0.0860. The first kappa shape index (κ1) is 11.0.